The molecule has 1 aliphatic carbocycles. The zero-order valence-corrected chi connectivity index (χ0v) is 17.9. The third-order valence-electron chi connectivity index (χ3n) is 7.82. The average molecular weight is 411 g/mol. The Kier molecular flexibility index (Phi) is 4.53. The summed E-state index contributed by atoms with van der Waals surface area (Å²) >= 11 is 0. The largest absolute Gasteiger partial charge is 0.508 e. The van der Waals surface area contributed by atoms with Gasteiger partial charge in [-0.25, -0.2) is 0 Å². The van der Waals surface area contributed by atoms with E-state index in [1.54, 1.807) is 0 Å². The molecule has 2 heterocycles. The van der Waals surface area contributed by atoms with Crippen LogP contribution in [0, 0.1) is 5.41 Å². The summed E-state index contributed by atoms with van der Waals surface area (Å²) in [5.74, 6) is 1.16. The minimum absolute atomic E-state index is 0.322. The van der Waals surface area contributed by atoms with Gasteiger partial charge in [0.05, 0.1) is 0 Å². The SMILES string of the molecule is Oc1ccc2c(c1)CC[C@H](c1ccccc1)[C@@H]2c1ccc(N2CC3(CCNC3)C2)cc1. The van der Waals surface area contributed by atoms with Crippen molar-refractivity contribution in [2.75, 3.05) is 31.1 Å². The van der Waals surface area contributed by atoms with Gasteiger partial charge in [0.2, 0.25) is 0 Å². The van der Waals surface area contributed by atoms with Gasteiger partial charge < -0.3 is 15.3 Å². The van der Waals surface area contributed by atoms with Crippen molar-refractivity contribution in [1.82, 2.24) is 5.32 Å². The van der Waals surface area contributed by atoms with Crippen LogP contribution in [0.15, 0.2) is 72.8 Å². The molecular weight excluding hydrogens is 380 g/mol. The van der Waals surface area contributed by atoms with E-state index in [1.807, 2.05) is 12.1 Å². The predicted molar refractivity (Wildman–Crippen MR) is 126 cm³/mol. The number of nitrogens with one attached hydrogen (secondary N) is 1. The number of benzene rings is 3. The van der Waals surface area contributed by atoms with Gasteiger partial charge in [-0.2, -0.15) is 0 Å². The highest BCUT2D eigenvalue weighted by Crippen LogP contribution is 2.47. The topological polar surface area (TPSA) is 35.5 Å². The van der Waals surface area contributed by atoms with Crippen molar-refractivity contribution in [3.63, 3.8) is 0 Å². The maximum Gasteiger partial charge on any atom is 0.115 e. The molecule has 3 heteroatoms. The summed E-state index contributed by atoms with van der Waals surface area (Å²) in [6.07, 6.45) is 3.43. The van der Waals surface area contributed by atoms with Gasteiger partial charge in [0, 0.05) is 36.7 Å². The molecule has 0 aromatic heterocycles. The number of nitrogens with zero attached hydrogens (tertiary/aromatic N) is 1. The molecule has 2 fully saturated rings. The summed E-state index contributed by atoms with van der Waals surface area (Å²) < 4.78 is 0. The molecule has 3 aromatic rings. The van der Waals surface area contributed by atoms with Crippen LogP contribution >= 0.6 is 0 Å². The number of fused-ring (bicyclic) bond motifs is 1. The lowest BCUT2D eigenvalue weighted by atomic mass is 9.69. The van der Waals surface area contributed by atoms with Crippen LogP contribution < -0.4 is 10.2 Å². The molecule has 31 heavy (non-hydrogen) atoms. The molecule has 3 aromatic carbocycles. The number of rotatable bonds is 3. The summed E-state index contributed by atoms with van der Waals surface area (Å²) in [6.45, 7) is 4.70. The van der Waals surface area contributed by atoms with Crippen molar-refractivity contribution in [2.24, 2.45) is 5.41 Å². The monoisotopic (exact) mass is 410 g/mol. The Morgan fingerprint density at radius 3 is 2.45 bits per heavy atom. The Morgan fingerprint density at radius 1 is 0.903 bits per heavy atom. The zero-order valence-electron chi connectivity index (χ0n) is 17.9. The van der Waals surface area contributed by atoms with Crippen LogP contribution in [-0.2, 0) is 6.42 Å². The second-order valence-corrected chi connectivity index (χ2v) is 9.79. The molecule has 6 rings (SSSR count). The van der Waals surface area contributed by atoms with E-state index in [9.17, 15) is 5.11 Å². The maximum atomic E-state index is 10.0. The summed E-state index contributed by atoms with van der Waals surface area (Å²) in [7, 11) is 0. The average Bonchev–Trinajstić information content (AvgIpc) is 3.28. The Balaban J connectivity index is 1.32. The highest BCUT2D eigenvalue weighted by molar-refractivity contribution is 5.54. The number of hydrogen-bond acceptors (Lipinski definition) is 3. The van der Waals surface area contributed by atoms with Crippen molar-refractivity contribution >= 4 is 5.69 Å². The Morgan fingerprint density at radius 2 is 1.71 bits per heavy atom. The van der Waals surface area contributed by atoms with Crippen LogP contribution in [0.2, 0.25) is 0 Å². The molecule has 0 radical (unpaired) electrons. The van der Waals surface area contributed by atoms with E-state index in [2.05, 4.69) is 70.9 Å². The molecule has 2 saturated heterocycles. The first-order chi connectivity index (χ1) is 15.2. The van der Waals surface area contributed by atoms with Crippen LogP contribution in [0.1, 0.15) is 46.9 Å². The molecule has 0 unspecified atom stereocenters. The van der Waals surface area contributed by atoms with E-state index in [0.717, 1.165) is 12.8 Å². The third-order valence-corrected chi connectivity index (χ3v) is 7.82. The van der Waals surface area contributed by atoms with Gasteiger partial charge in [-0.15, -0.1) is 0 Å². The summed E-state index contributed by atoms with van der Waals surface area (Å²) in [5, 5.41) is 13.6. The summed E-state index contributed by atoms with van der Waals surface area (Å²) in [5.41, 5.74) is 7.31. The number of hydrogen-bond donors (Lipinski definition) is 2. The first-order valence-corrected chi connectivity index (χ1v) is 11.6. The fraction of sp³-hybridized carbons (Fsp3) is 0.357. The first kappa shape index (κ1) is 18.9. The summed E-state index contributed by atoms with van der Waals surface area (Å²) in [6, 6.07) is 26.2. The van der Waals surface area contributed by atoms with Crippen LogP contribution in [0.25, 0.3) is 0 Å². The Hall–Kier alpha value is -2.78. The highest BCUT2D eigenvalue weighted by Gasteiger charge is 2.44. The maximum absolute atomic E-state index is 10.0. The van der Waals surface area contributed by atoms with Gasteiger partial charge >= 0.3 is 0 Å². The normalized spacial score (nSPS) is 24.1. The second-order valence-electron chi connectivity index (χ2n) is 9.79. The fourth-order valence-corrected chi connectivity index (χ4v) is 6.18. The lowest BCUT2D eigenvalue weighted by Gasteiger charge is -2.49. The Labute approximate surface area is 184 Å². The van der Waals surface area contributed by atoms with Crippen molar-refractivity contribution in [3.05, 3.63) is 95.1 Å². The Bertz CT molecular complexity index is 1060. The minimum atomic E-state index is 0.322. The molecule has 158 valence electrons. The van der Waals surface area contributed by atoms with Gasteiger partial charge in [0.15, 0.2) is 0 Å². The van der Waals surface area contributed by atoms with Gasteiger partial charge in [-0.3, -0.25) is 0 Å². The lowest BCUT2D eigenvalue weighted by molar-refractivity contribution is 0.243. The highest BCUT2D eigenvalue weighted by atomic mass is 16.3. The van der Waals surface area contributed by atoms with Crippen LogP contribution in [0.4, 0.5) is 5.69 Å². The van der Waals surface area contributed by atoms with Gasteiger partial charge in [-0.05, 0) is 78.2 Å². The molecule has 2 N–H and O–H groups in total. The smallest absolute Gasteiger partial charge is 0.115 e. The summed E-state index contributed by atoms with van der Waals surface area (Å²) in [4.78, 5) is 2.53. The van der Waals surface area contributed by atoms with E-state index in [-0.39, 0.29) is 0 Å². The van der Waals surface area contributed by atoms with Gasteiger partial charge in [0.25, 0.3) is 0 Å². The van der Waals surface area contributed by atoms with Crippen molar-refractivity contribution in [3.8, 4) is 5.75 Å². The minimum Gasteiger partial charge on any atom is -0.508 e. The molecular formula is C28H30N2O. The van der Waals surface area contributed by atoms with Gasteiger partial charge in [-0.1, -0.05) is 48.5 Å². The quantitative estimate of drug-likeness (QED) is 0.634. The molecule has 2 aliphatic heterocycles. The van der Waals surface area contributed by atoms with Crippen molar-refractivity contribution in [2.45, 2.75) is 31.1 Å². The van der Waals surface area contributed by atoms with E-state index >= 15 is 0 Å². The predicted octanol–water partition coefficient (Wildman–Crippen LogP) is 5.05. The number of anilines is 1. The van der Waals surface area contributed by atoms with Crippen LogP contribution in [0.5, 0.6) is 5.75 Å². The lowest BCUT2D eigenvalue weighted by Crippen LogP contribution is -2.57. The van der Waals surface area contributed by atoms with E-state index in [0.29, 0.717) is 23.0 Å². The molecule has 2 atom stereocenters. The van der Waals surface area contributed by atoms with Gasteiger partial charge in [0.1, 0.15) is 5.75 Å². The van der Waals surface area contributed by atoms with Crippen molar-refractivity contribution < 1.29 is 5.11 Å². The standard InChI is InChI=1S/C28H30N2O/c31-24-11-13-26-22(16-24)8-12-25(20-4-2-1-3-5-20)27(26)21-6-9-23(10-7-21)30-18-28(19-30)14-15-29-17-28/h1-7,9-11,13,16,25,27,29,31H,8,12,14-15,17-19H2/t25-,27+/m1/s1. The fourth-order valence-electron chi connectivity index (χ4n) is 6.18. The van der Waals surface area contributed by atoms with E-state index < -0.39 is 0 Å². The molecule has 0 saturated carbocycles. The molecule has 1 spiro atoms. The number of phenols is 1. The van der Waals surface area contributed by atoms with Crippen LogP contribution in [-0.4, -0.2) is 31.3 Å². The molecule has 0 bridgehead atoms. The van der Waals surface area contributed by atoms with Crippen molar-refractivity contribution in [1.29, 1.82) is 0 Å². The molecule has 0 amide bonds. The molecule has 3 aliphatic rings. The number of aryl methyl sites for hydroxylation is 1. The third kappa shape index (κ3) is 3.32. The van der Waals surface area contributed by atoms with E-state index in [1.165, 1.54) is 60.5 Å². The van der Waals surface area contributed by atoms with E-state index in [4.69, 9.17) is 0 Å². The number of phenolic OH excluding ortho intramolecular Hbond substituents is 1. The first-order valence-electron chi connectivity index (χ1n) is 11.6. The number of aromatic hydroxyl groups is 1. The zero-order chi connectivity index (χ0) is 20.8. The molecule has 3 nitrogen and oxygen atoms in total. The second kappa shape index (κ2) is 7.42. The van der Waals surface area contributed by atoms with Crippen LogP contribution in [0.3, 0.4) is 0 Å².